The van der Waals surface area contributed by atoms with E-state index in [0.29, 0.717) is 18.9 Å². The number of ether oxygens (including phenoxy) is 3. The van der Waals surface area contributed by atoms with Crippen molar-refractivity contribution < 1.29 is 24.1 Å². The van der Waals surface area contributed by atoms with Crippen molar-refractivity contribution in [2.24, 2.45) is 4.99 Å². The normalized spacial score (nSPS) is 19.0. The number of unbranched alkanes of at least 4 members (excludes halogenated alkanes) is 13. The fourth-order valence-corrected chi connectivity index (χ4v) is 4.90. The number of benzene rings is 1. The highest BCUT2D eigenvalue weighted by atomic mass is 16.7. The number of carboxylic acids is 1. The third kappa shape index (κ3) is 11.5. The Morgan fingerprint density at radius 1 is 0.865 bits per heavy atom. The van der Waals surface area contributed by atoms with Crippen molar-refractivity contribution in [1.29, 1.82) is 0 Å². The van der Waals surface area contributed by atoms with Crippen LogP contribution in [0, 0.1) is 0 Å². The molecule has 0 saturated carbocycles. The largest absolute Gasteiger partial charge is 0.494 e. The number of hydrogen-bond acceptors (Lipinski definition) is 5. The minimum atomic E-state index is -0.910. The van der Waals surface area contributed by atoms with Crippen LogP contribution in [0.3, 0.4) is 0 Å². The van der Waals surface area contributed by atoms with Crippen LogP contribution in [-0.4, -0.2) is 42.0 Å². The molecule has 210 valence electrons. The molecule has 0 aliphatic carbocycles. The van der Waals surface area contributed by atoms with E-state index >= 15 is 0 Å². The predicted octanol–water partition coefficient (Wildman–Crippen LogP) is 8.31. The summed E-state index contributed by atoms with van der Waals surface area (Å²) in [6.45, 7) is 7.21. The zero-order valence-electron chi connectivity index (χ0n) is 23.6. The van der Waals surface area contributed by atoms with Gasteiger partial charge in [-0.25, -0.2) is 4.99 Å². The monoisotopic (exact) mass is 517 g/mol. The molecule has 0 fully saturated rings. The average molecular weight is 518 g/mol. The lowest BCUT2D eigenvalue weighted by molar-refractivity contribution is -0.147. The van der Waals surface area contributed by atoms with Gasteiger partial charge in [-0.15, -0.1) is 0 Å². The van der Waals surface area contributed by atoms with E-state index in [-0.39, 0.29) is 6.42 Å². The van der Waals surface area contributed by atoms with Gasteiger partial charge < -0.3 is 19.3 Å². The summed E-state index contributed by atoms with van der Waals surface area (Å²) in [4.78, 5) is 16.1. The van der Waals surface area contributed by atoms with E-state index in [1.807, 2.05) is 38.1 Å². The first-order valence-corrected chi connectivity index (χ1v) is 14.9. The van der Waals surface area contributed by atoms with Crippen molar-refractivity contribution >= 4 is 11.9 Å². The molecule has 6 heteroatoms. The SMILES string of the molecule is CCCCCCCCCCCCCCCCOc1ccc(C2=NC(CC)(CC(=O)O)C(OCC)O2)cc1. The number of aliphatic carboxylic acids is 1. The molecule has 1 aliphatic rings. The van der Waals surface area contributed by atoms with Gasteiger partial charge in [0.1, 0.15) is 11.3 Å². The third-order valence-electron chi connectivity index (χ3n) is 7.24. The van der Waals surface area contributed by atoms with Gasteiger partial charge in [0.15, 0.2) is 0 Å². The van der Waals surface area contributed by atoms with Gasteiger partial charge in [0.2, 0.25) is 12.2 Å². The van der Waals surface area contributed by atoms with Crippen LogP contribution < -0.4 is 4.74 Å². The Bertz CT molecular complexity index is 778. The van der Waals surface area contributed by atoms with E-state index in [2.05, 4.69) is 11.9 Å². The van der Waals surface area contributed by atoms with Crippen molar-refractivity contribution in [2.75, 3.05) is 13.2 Å². The molecule has 0 amide bonds. The van der Waals surface area contributed by atoms with Gasteiger partial charge in [-0.2, -0.15) is 0 Å². The Morgan fingerprint density at radius 2 is 1.41 bits per heavy atom. The Labute approximate surface area is 225 Å². The minimum absolute atomic E-state index is 0.127. The molecule has 0 radical (unpaired) electrons. The zero-order chi connectivity index (χ0) is 26.8. The topological polar surface area (TPSA) is 77.4 Å². The van der Waals surface area contributed by atoms with Crippen molar-refractivity contribution in [3.63, 3.8) is 0 Å². The molecule has 0 spiro atoms. The van der Waals surface area contributed by atoms with Crippen LogP contribution in [0.4, 0.5) is 0 Å². The fourth-order valence-electron chi connectivity index (χ4n) is 4.90. The second-order valence-corrected chi connectivity index (χ2v) is 10.3. The maximum absolute atomic E-state index is 11.4. The van der Waals surface area contributed by atoms with E-state index in [4.69, 9.17) is 14.2 Å². The third-order valence-corrected chi connectivity index (χ3v) is 7.24. The van der Waals surface area contributed by atoms with Crippen LogP contribution in [0.15, 0.2) is 29.3 Å². The number of carbonyl (C=O) groups is 1. The summed E-state index contributed by atoms with van der Waals surface area (Å²) < 4.78 is 17.6. The quantitative estimate of drug-likeness (QED) is 0.156. The van der Waals surface area contributed by atoms with Gasteiger partial charge in [0.05, 0.1) is 13.0 Å². The molecule has 2 atom stereocenters. The number of aliphatic imine (C=N–C) groups is 1. The summed E-state index contributed by atoms with van der Waals surface area (Å²) in [6, 6.07) is 7.66. The zero-order valence-corrected chi connectivity index (χ0v) is 23.6. The molecule has 0 saturated heterocycles. The minimum Gasteiger partial charge on any atom is -0.494 e. The molecule has 1 heterocycles. The molecular weight excluding hydrogens is 466 g/mol. The summed E-state index contributed by atoms with van der Waals surface area (Å²) >= 11 is 0. The highest BCUT2D eigenvalue weighted by Gasteiger charge is 2.47. The molecule has 1 aromatic carbocycles. The maximum atomic E-state index is 11.4. The van der Waals surface area contributed by atoms with Crippen LogP contribution in [0.25, 0.3) is 0 Å². The average Bonchev–Trinajstić information content (AvgIpc) is 3.24. The van der Waals surface area contributed by atoms with Crippen LogP contribution in [0.1, 0.15) is 129 Å². The Morgan fingerprint density at radius 3 is 1.89 bits per heavy atom. The summed E-state index contributed by atoms with van der Waals surface area (Å²) in [5, 5.41) is 9.38. The standard InChI is InChI=1S/C31H51NO5/c1-4-7-8-9-10-11-12-13-14-15-16-17-18-19-24-36-27-22-20-26(21-23-27)29-32-31(5-2,25-28(33)34)30(37-29)35-6-3/h20-23,30H,4-19,24-25H2,1-3H3,(H,33,34). The first-order valence-electron chi connectivity index (χ1n) is 14.9. The summed E-state index contributed by atoms with van der Waals surface area (Å²) in [7, 11) is 0. The van der Waals surface area contributed by atoms with E-state index in [1.54, 1.807) is 0 Å². The Kier molecular flexibility index (Phi) is 15.3. The molecule has 2 unspecified atom stereocenters. The first kappa shape index (κ1) is 31.1. The first-order chi connectivity index (χ1) is 18.0. The van der Waals surface area contributed by atoms with Gasteiger partial charge in [0.25, 0.3) is 0 Å². The van der Waals surface area contributed by atoms with Crippen LogP contribution in [0.2, 0.25) is 0 Å². The number of hydrogen-bond donors (Lipinski definition) is 1. The highest BCUT2D eigenvalue weighted by Crippen LogP contribution is 2.35. The van der Waals surface area contributed by atoms with Crippen molar-refractivity contribution in [1.82, 2.24) is 0 Å². The lowest BCUT2D eigenvalue weighted by Crippen LogP contribution is -2.41. The maximum Gasteiger partial charge on any atom is 0.306 e. The Balaban J connectivity index is 1.60. The second-order valence-electron chi connectivity index (χ2n) is 10.3. The van der Waals surface area contributed by atoms with E-state index in [0.717, 1.165) is 24.3 Å². The lowest BCUT2D eigenvalue weighted by atomic mass is 9.92. The lowest BCUT2D eigenvalue weighted by Gasteiger charge is -2.28. The van der Waals surface area contributed by atoms with Crippen LogP contribution >= 0.6 is 0 Å². The van der Waals surface area contributed by atoms with Crippen LogP contribution in [-0.2, 0) is 14.3 Å². The molecule has 37 heavy (non-hydrogen) atoms. The van der Waals surface area contributed by atoms with E-state index in [9.17, 15) is 9.90 Å². The second kappa shape index (κ2) is 18.2. The van der Waals surface area contributed by atoms with E-state index < -0.39 is 17.8 Å². The van der Waals surface area contributed by atoms with Crippen molar-refractivity contribution in [3.8, 4) is 5.75 Å². The predicted molar refractivity (Wildman–Crippen MR) is 151 cm³/mol. The van der Waals surface area contributed by atoms with Gasteiger partial charge in [0, 0.05) is 12.2 Å². The Hall–Kier alpha value is -2.08. The number of rotatable bonds is 22. The molecule has 0 bridgehead atoms. The molecular formula is C31H51NO5. The van der Waals surface area contributed by atoms with Gasteiger partial charge >= 0.3 is 5.97 Å². The summed E-state index contributed by atoms with van der Waals surface area (Å²) in [5.74, 6) is 0.346. The molecule has 1 N–H and O–H groups in total. The number of carboxylic acid groups (broad SMARTS) is 1. The van der Waals surface area contributed by atoms with Crippen molar-refractivity contribution in [2.45, 2.75) is 135 Å². The van der Waals surface area contributed by atoms with Gasteiger partial charge in [-0.3, -0.25) is 4.79 Å². The highest BCUT2D eigenvalue weighted by molar-refractivity contribution is 5.96. The summed E-state index contributed by atoms with van der Waals surface area (Å²) in [6.07, 6.45) is 18.6. The molecule has 1 aliphatic heterocycles. The smallest absolute Gasteiger partial charge is 0.306 e. The van der Waals surface area contributed by atoms with Crippen LogP contribution in [0.5, 0.6) is 5.75 Å². The molecule has 0 aromatic heterocycles. The molecule has 2 rings (SSSR count). The van der Waals surface area contributed by atoms with Gasteiger partial charge in [-0.1, -0.05) is 97.3 Å². The van der Waals surface area contributed by atoms with E-state index in [1.165, 1.54) is 83.5 Å². The molecule has 6 nitrogen and oxygen atoms in total. The summed E-state index contributed by atoms with van der Waals surface area (Å²) in [5.41, 5.74) is -0.102. The van der Waals surface area contributed by atoms with Gasteiger partial charge in [-0.05, 0) is 44.0 Å². The number of nitrogens with zero attached hydrogens (tertiary/aromatic N) is 1. The molecule has 1 aromatic rings. The van der Waals surface area contributed by atoms with Crippen molar-refractivity contribution in [3.05, 3.63) is 29.8 Å². The fraction of sp³-hybridized carbons (Fsp3) is 0.742.